The van der Waals surface area contributed by atoms with Crippen LogP contribution in [0.25, 0.3) is 0 Å². The molecule has 4 aliphatic rings. The van der Waals surface area contributed by atoms with Crippen LogP contribution in [0, 0.1) is 17.3 Å². The van der Waals surface area contributed by atoms with Crippen LogP contribution in [0.15, 0.2) is 18.2 Å². The van der Waals surface area contributed by atoms with Crippen molar-refractivity contribution in [2.45, 2.75) is 78.1 Å². The molecule has 0 N–H and O–H groups in total. The second-order valence-corrected chi connectivity index (χ2v) is 12.7. The second-order valence-electron chi connectivity index (χ2n) is 12.7. The summed E-state index contributed by atoms with van der Waals surface area (Å²) in [5.41, 5.74) is 5.04. The third-order valence-corrected chi connectivity index (χ3v) is 9.48. The molecule has 5 heteroatoms. The predicted molar refractivity (Wildman–Crippen MR) is 151 cm³/mol. The van der Waals surface area contributed by atoms with Gasteiger partial charge < -0.3 is 14.5 Å². The summed E-state index contributed by atoms with van der Waals surface area (Å²) in [5, 5.41) is 0. The molecule has 5 rings (SSSR count). The van der Waals surface area contributed by atoms with E-state index >= 15 is 0 Å². The second kappa shape index (κ2) is 12.0. The average Bonchev–Trinajstić information content (AvgIpc) is 3.37. The highest BCUT2D eigenvalue weighted by atomic mass is 35.5. The van der Waals surface area contributed by atoms with Gasteiger partial charge in [0.1, 0.15) is 0 Å². The zero-order valence-corrected chi connectivity index (χ0v) is 23.5. The first-order valence-electron chi connectivity index (χ1n) is 14.4. The maximum atomic E-state index is 5.63. The molecule has 2 saturated carbocycles. The molecule has 0 radical (unpaired) electrons. The molecule has 0 spiro atoms. The van der Waals surface area contributed by atoms with Crippen molar-refractivity contribution in [1.29, 1.82) is 0 Å². The van der Waals surface area contributed by atoms with Gasteiger partial charge in [-0.3, -0.25) is 4.90 Å². The van der Waals surface area contributed by atoms with E-state index < -0.39 is 0 Å². The topological polar surface area (TPSA) is 19.0 Å². The molecule has 2 aliphatic heterocycles. The molecule has 2 saturated heterocycles. The first kappa shape index (κ1) is 27.1. The minimum Gasteiger partial charge on any atom is -0.378 e. The molecule has 0 amide bonds. The predicted octanol–water partition coefficient (Wildman–Crippen LogP) is 6.58. The summed E-state index contributed by atoms with van der Waals surface area (Å²) in [6.45, 7) is 17.3. The van der Waals surface area contributed by atoms with E-state index in [-0.39, 0.29) is 12.4 Å². The Morgan fingerprint density at radius 3 is 2.09 bits per heavy atom. The quantitative estimate of drug-likeness (QED) is 0.451. The fourth-order valence-corrected chi connectivity index (χ4v) is 7.18. The van der Waals surface area contributed by atoms with E-state index in [9.17, 15) is 0 Å². The standard InChI is InChI=1S/C30H49N3O.ClH/c1-30(2,3)26-10-8-25(9-11-26)28-22-27(32-18-20-34-21-19-32)12-13-29(28)33-16-14-31(15-17-33)23-24-6-4-5-7-24;/h12-13,22,24-26H,4-11,14-21,23H2,1-3H3;1H. The van der Waals surface area contributed by atoms with Gasteiger partial charge >= 0.3 is 0 Å². The van der Waals surface area contributed by atoms with Crippen molar-refractivity contribution in [3.63, 3.8) is 0 Å². The van der Waals surface area contributed by atoms with E-state index in [1.54, 1.807) is 5.56 Å². The summed E-state index contributed by atoms with van der Waals surface area (Å²) in [5.74, 6) is 2.55. The Labute approximate surface area is 221 Å². The van der Waals surface area contributed by atoms with Crippen molar-refractivity contribution < 1.29 is 4.74 Å². The molecule has 1 aromatic carbocycles. The Morgan fingerprint density at radius 1 is 0.800 bits per heavy atom. The molecule has 198 valence electrons. The number of benzene rings is 1. The lowest BCUT2D eigenvalue weighted by Gasteiger charge is -2.41. The Morgan fingerprint density at radius 2 is 1.46 bits per heavy atom. The van der Waals surface area contributed by atoms with Crippen LogP contribution in [0.1, 0.15) is 83.6 Å². The van der Waals surface area contributed by atoms with Crippen molar-refractivity contribution in [2.24, 2.45) is 17.3 Å². The van der Waals surface area contributed by atoms with Crippen molar-refractivity contribution in [3.8, 4) is 0 Å². The fraction of sp³-hybridized carbons (Fsp3) is 0.800. The Hall–Kier alpha value is -0.970. The van der Waals surface area contributed by atoms with Gasteiger partial charge in [0.2, 0.25) is 0 Å². The van der Waals surface area contributed by atoms with E-state index in [1.807, 2.05) is 0 Å². The molecular weight excluding hydrogens is 454 g/mol. The minimum absolute atomic E-state index is 0. The van der Waals surface area contributed by atoms with Crippen LogP contribution >= 0.6 is 12.4 Å². The largest absolute Gasteiger partial charge is 0.378 e. The Bertz CT molecular complexity index is 781. The van der Waals surface area contributed by atoms with Crippen LogP contribution < -0.4 is 9.80 Å². The molecule has 0 atom stereocenters. The lowest BCUT2D eigenvalue weighted by molar-refractivity contribution is 0.122. The van der Waals surface area contributed by atoms with Crippen LogP contribution in [0.2, 0.25) is 0 Å². The number of ether oxygens (including phenoxy) is 1. The van der Waals surface area contributed by atoms with Crippen LogP contribution in [0.4, 0.5) is 11.4 Å². The summed E-state index contributed by atoms with van der Waals surface area (Å²) >= 11 is 0. The number of hydrogen-bond donors (Lipinski definition) is 0. The van der Waals surface area contributed by atoms with E-state index in [1.165, 1.54) is 95.5 Å². The van der Waals surface area contributed by atoms with Gasteiger partial charge in [-0.1, -0.05) is 33.6 Å². The van der Waals surface area contributed by atoms with Gasteiger partial charge in [-0.25, -0.2) is 0 Å². The summed E-state index contributed by atoms with van der Waals surface area (Å²) in [4.78, 5) is 8.01. The van der Waals surface area contributed by atoms with Gasteiger partial charge in [0.05, 0.1) is 13.2 Å². The molecule has 1 aromatic rings. The number of morpholine rings is 1. The summed E-state index contributed by atoms with van der Waals surface area (Å²) in [6.07, 6.45) is 11.3. The summed E-state index contributed by atoms with van der Waals surface area (Å²) in [7, 11) is 0. The maximum Gasteiger partial charge on any atom is 0.0642 e. The number of halogens is 1. The van der Waals surface area contributed by atoms with Gasteiger partial charge in [0.15, 0.2) is 0 Å². The molecule has 35 heavy (non-hydrogen) atoms. The number of piperazine rings is 1. The summed E-state index contributed by atoms with van der Waals surface area (Å²) < 4.78 is 5.63. The number of anilines is 2. The van der Waals surface area contributed by atoms with Crippen molar-refractivity contribution in [1.82, 2.24) is 4.90 Å². The van der Waals surface area contributed by atoms with Crippen LogP contribution in [-0.4, -0.2) is 63.9 Å². The van der Waals surface area contributed by atoms with Crippen LogP contribution in [0.5, 0.6) is 0 Å². The zero-order valence-electron chi connectivity index (χ0n) is 22.6. The van der Waals surface area contributed by atoms with Gasteiger partial charge in [0.25, 0.3) is 0 Å². The first-order chi connectivity index (χ1) is 16.5. The third kappa shape index (κ3) is 6.67. The van der Waals surface area contributed by atoms with E-state index in [4.69, 9.17) is 4.74 Å². The smallest absolute Gasteiger partial charge is 0.0642 e. The normalized spacial score (nSPS) is 27.2. The summed E-state index contributed by atoms with van der Waals surface area (Å²) in [6, 6.07) is 7.45. The fourth-order valence-electron chi connectivity index (χ4n) is 7.18. The zero-order chi connectivity index (χ0) is 23.5. The van der Waals surface area contributed by atoms with Crippen molar-refractivity contribution >= 4 is 23.8 Å². The SMILES string of the molecule is CC(C)(C)C1CCC(c2cc(N3CCOCC3)ccc2N2CCN(CC3CCCC3)CC2)CC1.Cl. The highest BCUT2D eigenvalue weighted by molar-refractivity contribution is 5.85. The Kier molecular flexibility index (Phi) is 9.32. The monoisotopic (exact) mass is 503 g/mol. The number of hydrogen-bond acceptors (Lipinski definition) is 4. The number of nitrogens with zero attached hydrogens (tertiary/aromatic N) is 3. The van der Waals surface area contributed by atoms with Crippen molar-refractivity contribution in [2.75, 3.05) is 68.8 Å². The van der Waals surface area contributed by atoms with Crippen LogP contribution in [-0.2, 0) is 4.74 Å². The molecule has 4 nitrogen and oxygen atoms in total. The Balaban J connectivity index is 0.00000289. The van der Waals surface area contributed by atoms with E-state index in [0.717, 1.165) is 38.1 Å². The molecule has 0 unspecified atom stereocenters. The third-order valence-electron chi connectivity index (χ3n) is 9.48. The van der Waals surface area contributed by atoms with Gasteiger partial charge in [-0.05, 0) is 85.5 Å². The lowest BCUT2D eigenvalue weighted by Crippen LogP contribution is -2.48. The van der Waals surface area contributed by atoms with Crippen molar-refractivity contribution in [3.05, 3.63) is 23.8 Å². The highest BCUT2D eigenvalue weighted by Gasteiger charge is 2.32. The highest BCUT2D eigenvalue weighted by Crippen LogP contribution is 2.46. The molecule has 0 bridgehead atoms. The van der Waals surface area contributed by atoms with Gasteiger partial charge in [-0.15, -0.1) is 12.4 Å². The van der Waals surface area contributed by atoms with Crippen LogP contribution in [0.3, 0.4) is 0 Å². The lowest BCUT2D eigenvalue weighted by atomic mass is 9.68. The molecule has 4 fully saturated rings. The number of rotatable bonds is 5. The van der Waals surface area contributed by atoms with E-state index in [2.05, 4.69) is 53.7 Å². The molecular formula is C30H50ClN3O. The molecule has 2 aliphatic carbocycles. The van der Waals surface area contributed by atoms with Gasteiger partial charge in [0, 0.05) is 57.2 Å². The molecule has 2 heterocycles. The van der Waals surface area contributed by atoms with E-state index in [0.29, 0.717) is 11.3 Å². The first-order valence-corrected chi connectivity index (χ1v) is 14.4. The van der Waals surface area contributed by atoms with Gasteiger partial charge in [-0.2, -0.15) is 0 Å². The average molecular weight is 504 g/mol. The minimum atomic E-state index is 0. The maximum absolute atomic E-state index is 5.63. The molecule has 0 aromatic heterocycles.